The van der Waals surface area contributed by atoms with Crippen LogP contribution in [-0.4, -0.2) is 5.91 Å². The highest BCUT2D eigenvalue weighted by Crippen LogP contribution is 2.25. The maximum Gasteiger partial charge on any atom is 0.255 e. The zero-order valence-electron chi connectivity index (χ0n) is 10.2. The maximum absolute atomic E-state index is 12.1. The number of halogens is 2. The summed E-state index contributed by atoms with van der Waals surface area (Å²) in [5.74, 6) is -0.219. The Kier molecular flexibility index (Phi) is 4.12. The molecule has 5 heteroatoms. The van der Waals surface area contributed by atoms with E-state index in [0.717, 1.165) is 10.0 Å². The third kappa shape index (κ3) is 3.08. The minimum absolute atomic E-state index is 0.219. The van der Waals surface area contributed by atoms with Gasteiger partial charge in [0.2, 0.25) is 0 Å². The average molecular weight is 340 g/mol. The number of nitrogens with two attached hydrogens (primary N) is 1. The van der Waals surface area contributed by atoms with Crippen molar-refractivity contribution in [3.63, 3.8) is 0 Å². The Morgan fingerprint density at radius 1 is 1.32 bits per heavy atom. The van der Waals surface area contributed by atoms with Crippen LogP contribution in [0, 0.1) is 6.92 Å². The molecule has 0 bridgehead atoms. The maximum atomic E-state index is 12.1. The fraction of sp³-hybridized carbons (Fsp3) is 0.0714. The lowest BCUT2D eigenvalue weighted by atomic mass is 10.1. The Hall–Kier alpha value is -1.52. The highest BCUT2D eigenvalue weighted by Gasteiger charge is 2.10. The molecule has 0 aliphatic heterocycles. The first-order valence-electron chi connectivity index (χ1n) is 5.60. The van der Waals surface area contributed by atoms with Crippen LogP contribution in [0.25, 0.3) is 0 Å². The quantitative estimate of drug-likeness (QED) is 0.804. The number of amides is 1. The monoisotopic (exact) mass is 338 g/mol. The highest BCUT2D eigenvalue weighted by molar-refractivity contribution is 9.10. The highest BCUT2D eigenvalue weighted by atomic mass is 79.9. The van der Waals surface area contributed by atoms with E-state index in [0.29, 0.717) is 22.0 Å². The number of anilines is 2. The SMILES string of the molecule is Cc1c(N)cccc1NC(=O)c1ccc(Br)c(Cl)c1. The van der Waals surface area contributed by atoms with Crippen LogP contribution in [0.4, 0.5) is 11.4 Å². The molecule has 1 amide bonds. The van der Waals surface area contributed by atoms with Gasteiger partial charge in [-0.15, -0.1) is 0 Å². The third-order valence-electron chi connectivity index (χ3n) is 2.81. The van der Waals surface area contributed by atoms with E-state index in [9.17, 15) is 4.79 Å². The summed E-state index contributed by atoms with van der Waals surface area (Å²) in [6.07, 6.45) is 0. The Balaban J connectivity index is 2.26. The van der Waals surface area contributed by atoms with E-state index in [-0.39, 0.29) is 5.91 Å². The van der Waals surface area contributed by atoms with Gasteiger partial charge in [0, 0.05) is 21.4 Å². The van der Waals surface area contributed by atoms with Crippen molar-refractivity contribution in [3.8, 4) is 0 Å². The van der Waals surface area contributed by atoms with Gasteiger partial charge in [0.15, 0.2) is 0 Å². The molecular formula is C14H12BrClN2O. The normalized spacial score (nSPS) is 10.3. The van der Waals surface area contributed by atoms with Crippen LogP contribution >= 0.6 is 27.5 Å². The van der Waals surface area contributed by atoms with Crippen LogP contribution in [0.1, 0.15) is 15.9 Å². The molecule has 3 nitrogen and oxygen atoms in total. The molecular weight excluding hydrogens is 328 g/mol. The molecule has 0 unspecified atom stereocenters. The lowest BCUT2D eigenvalue weighted by Gasteiger charge is -2.10. The Bertz CT molecular complexity index is 643. The van der Waals surface area contributed by atoms with Gasteiger partial charge < -0.3 is 11.1 Å². The predicted octanol–water partition coefficient (Wildman–Crippen LogP) is 4.25. The van der Waals surface area contributed by atoms with E-state index < -0.39 is 0 Å². The molecule has 0 fully saturated rings. The van der Waals surface area contributed by atoms with Gasteiger partial charge in [-0.1, -0.05) is 17.7 Å². The van der Waals surface area contributed by atoms with Crippen molar-refractivity contribution < 1.29 is 4.79 Å². The van der Waals surface area contributed by atoms with E-state index in [2.05, 4.69) is 21.2 Å². The largest absolute Gasteiger partial charge is 0.398 e. The zero-order valence-corrected chi connectivity index (χ0v) is 12.5. The van der Waals surface area contributed by atoms with E-state index in [1.807, 2.05) is 13.0 Å². The first kappa shape index (κ1) is 13.9. The molecule has 2 aromatic carbocycles. The first-order valence-corrected chi connectivity index (χ1v) is 6.77. The smallest absolute Gasteiger partial charge is 0.255 e. The molecule has 0 spiro atoms. The molecule has 0 saturated carbocycles. The molecule has 0 heterocycles. The number of nitrogens with one attached hydrogen (secondary N) is 1. The number of carbonyl (C=O) groups excluding carboxylic acids is 1. The van der Waals surface area contributed by atoms with Crippen molar-refractivity contribution >= 4 is 44.8 Å². The Morgan fingerprint density at radius 3 is 2.74 bits per heavy atom. The lowest BCUT2D eigenvalue weighted by Crippen LogP contribution is -2.13. The van der Waals surface area contributed by atoms with Gasteiger partial charge in [-0.2, -0.15) is 0 Å². The predicted molar refractivity (Wildman–Crippen MR) is 82.7 cm³/mol. The molecule has 0 aliphatic rings. The van der Waals surface area contributed by atoms with Crippen molar-refractivity contribution in [2.75, 3.05) is 11.1 Å². The lowest BCUT2D eigenvalue weighted by molar-refractivity contribution is 0.102. The molecule has 0 radical (unpaired) electrons. The molecule has 19 heavy (non-hydrogen) atoms. The molecule has 0 aliphatic carbocycles. The summed E-state index contributed by atoms with van der Waals surface area (Å²) in [7, 11) is 0. The number of nitrogen functional groups attached to an aromatic ring is 1. The van der Waals surface area contributed by atoms with E-state index >= 15 is 0 Å². The number of benzene rings is 2. The minimum atomic E-state index is -0.219. The van der Waals surface area contributed by atoms with Crippen molar-refractivity contribution in [1.29, 1.82) is 0 Å². The van der Waals surface area contributed by atoms with Crippen molar-refractivity contribution in [2.24, 2.45) is 0 Å². The third-order valence-corrected chi connectivity index (χ3v) is 4.04. The fourth-order valence-corrected chi connectivity index (χ4v) is 2.05. The van der Waals surface area contributed by atoms with Gasteiger partial charge in [0.05, 0.1) is 5.02 Å². The molecule has 0 aromatic heterocycles. The van der Waals surface area contributed by atoms with E-state index in [1.54, 1.807) is 30.3 Å². The first-order chi connectivity index (χ1) is 8.99. The second kappa shape index (κ2) is 5.63. The summed E-state index contributed by atoms with van der Waals surface area (Å²) in [5.41, 5.74) is 8.49. The van der Waals surface area contributed by atoms with Gasteiger partial charge in [0.25, 0.3) is 5.91 Å². The molecule has 2 aromatic rings. The number of rotatable bonds is 2. The molecule has 98 valence electrons. The molecule has 0 saturated heterocycles. The summed E-state index contributed by atoms with van der Waals surface area (Å²) < 4.78 is 0.755. The molecule has 3 N–H and O–H groups in total. The standard InChI is InChI=1S/C14H12BrClN2O/c1-8-12(17)3-2-4-13(8)18-14(19)9-5-6-10(15)11(16)7-9/h2-7H,17H2,1H3,(H,18,19). The fourth-order valence-electron chi connectivity index (χ4n) is 1.62. The summed E-state index contributed by atoms with van der Waals surface area (Å²) in [6.45, 7) is 1.86. The van der Waals surface area contributed by atoms with Gasteiger partial charge >= 0.3 is 0 Å². The summed E-state index contributed by atoms with van der Waals surface area (Å²) in [6, 6.07) is 10.5. The van der Waals surface area contributed by atoms with Crippen LogP contribution in [0.5, 0.6) is 0 Å². The van der Waals surface area contributed by atoms with Crippen LogP contribution < -0.4 is 11.1 Å². The van der Waals surface area contributed by atoms with Gasteiger partial charge in [-0.25, -0.2) is 0 Å². The van der Waals surface area contributed by atoms with Crippen molar-refractivity contribution in [1.82, 2.24) is 0 Å². The van der Waals surface area contributed by atoms with Crippen molar-refractivity contribution in [2.45, 2.75) is 6.92 Å². The average Bonchev–Trinajstić information content (AvgIpc) is 2.38. The Labute approximate surface area is 124 Å². The summed E-state index contributed by atoms with van der Waals surface area (Å²) in [5, 5.41) is 3.32. The number of hydrogen-bond acceptors (Lipinski definition) is 2. The van der Waals surface area contributed by atoms with Crippen LogP contribution in [0.2, 0.25) is 5.02 Å². The molecule has 0 atom stereocenters. The second-order valence-electron chi connectivity index (χ2n) is 4.10. The van der Waals surface area contributed by atoms with Crippen LogP contribution in [0.15, 0.2) is 40.9 Å². The van der Waals surface area contributed by atoms with Crippen molar-refractivity contribution in [3.05, 3.63) is 57.0 Å². The zero-order chi connectivity index (χ0) is 14.0. The van der Waals surface area contributed by atoms with E-state index in [4.69, 9.17) is 17.3 Å². The summed E-state index contributed by atoms with van der Waals surface area (Å²) >= 11 is 9.26. The van der Waals surface area contributed by atoms with Gasteiger partial charge in [-0.3, -0.25) is 4.79 Å². The van der Waals surface area contributed by atoms with Crippen LogP contribution in [-0.2, 0) is 0 Å². The second-order valence-corrected chi connectivity index (χ2v) is 5.36. The molecule has 2 rings (SSSR count). The minimum Gasteiger partial charge on any atom is -0.398 e. The van der Waals surface area contributed by atoms with Gasteiger partial charge in [0.1, 0.15) is 0 Å². The number of carbonyl (C=O) groups is 1. The summed E-state index contributed by atoms with van der Waals surface area (Å²) in [4.78, 5) is 12.1. The van der Waals surface area contributed by atoms with Crippen LogP contribution in [0.3, 0.4) is 0 Å². The Morgan fingerprint density at radius 2 is 2.05 bits per heavy atom. The number of hydrogen-bond donors (Lipinski definition) is 2. The topological polar surface area (TPSA) is 55.1 Å². The van der Waals surface area contributed by atoms with E-state index in [1.165, 1.54) is 0 Å². The van der Waals surface area contributed by atoms with Gasteiger partial charge in [-0.05, 0) is 58.7 Å².